The van der Waals surface area contributed by atoms with Crippen molar-refractivity contribution >= 4 is 21.4 Å². The second-order valence-electron chi connectivity index (χ2n) is 5.23. The van der Waals surface area contributed by atoms with Gasteiger partial charge in [0.2, 0.25) is 0 Å². The summed E-state index contributed by atoms with van der Waals surface area (Å²) in [7, 11) is -3.36. The third-order valence-electron chi connectivity index (χ3n) is 3.97. The monoisotopic (exact) mass is 301 g/mol. The lowest BCUT2D eigenvalue weighted by Crippen LogP contribution is -2.46. The van der Waals surface area contributed by atoms with Crippen LogP contribution in [0.1, 0.15) is 30.7 Å². The van der Waals surface area contributed by atoms with E-state index in [4.69, 9.17) is 0 Å². The van der Waals surface area contributed by atoms with Gasteiger partial charge in [0.15, 0.2) is 4.21 Å². The predicted molar refractivity (Wildman–Crippen MR) is 74.8 cm³/mol. The highest BCUT2D eigenvalue weighted by atomic mass is 32.2. The summed E-state index contributed by atoms with van der Waals surface area (Å²) in [5, 5.41) is 4.24. The minimum atomic E-state index is -3.36. The van der Waals surface area contributed by atoms with Crippen molar-refractivity contribution in [1.29, 1.82) is 0 Å². The van der Waals surface area contributed by atoms with E-state index in [1.807, 2.05) is 6.92 Å². The van der Waals surface area contributed by atoms with Crippen LogP contribution in [0.15, 0.2) is 10.4 Å². The lowest BCUT2D eigenvalue weighted by Gasteiger charge is -2.28. The van der Waals surface area contributed by atoms with Crippen molar-refractivity contribution in [3.8, 4) is 0 Å². The van der Waals surface area contributed by atoms with Crippen molar-refractivity contribution in [2.45, 2.75) is 48.9 Å². The molecule has 2 unspecified atom stereocenters. The Kier molecular flexibility index (Phi) is 3.63. The molecule has 7 heteroatoms. The van der Waals surface area contributed by atoms with Crippen LogP contribution in [0.5, 0.6) is 0 Å². The van der Waals surface area contributed by atoms with Gasteiger partial charge in [0.1, 0.15) is 0 Å². The van der Waals surface area contributed by atoms with Crippen LogP contribution >= 0.6 is 11.3 Å². The zero-order chi connectivity index (χ0) is 13.5. The third kappa shape index (κ3) is 2.44. The summed E-state index contributed by atoms with van der Waals surface area (Å²) < 4.78 is 27.4. The third-order valence-corrected chi connectivity index (χ3v) is 7.25. The Morgan fingerprint density at radius 1 is 1.42 bits per heavy atom. The maximum absolute atomic E-state index is 12.7. The van der Waals surface area contributed by atoms with E-state index < -0.39 is 10.0 Å². The highest BCUT2D eigenvalue weighted by molar-refractivity contribution is 7.91. The van der Waals surface area contributed by atoms with Gasteiger partial charge in [0.25, 0.3) is 10.0 Å². The normalized spacial score (nSPS) is 29.1. The molecule has 0 aliphatic carbocycles. The molecule has 19 heavy (non-hydrogen) atoms. The average molecular weight is 301 g/mol. The van der Waals surface area contributed by atoms with E-state index in [1.165, 1.54) is 17.5 Å². The molecule has 3 heterocycles. The van der Waals surface area contributed by atoms with Crippen molar-refractivity contribution in [2.75, 3.05) is 13.1 Å². The summed E-state index contributed by atoms with van der Waals surface area (Å²) in [4.78, 5) is 4.07. The van der Waals surface area contributed by atoms with Crippen LogP contribution in [0.25, 0.3) is 0 Å². The van der Waals surface area contributed by atoms with Gasteiger partial charge in [-0.2, -0.15) is 4.31 Å². The van der Waals surface area contributed by atoms with Crippen molar-refractivity contribution in [3.63, 3.8) is 0 Å². The molecule has 0 aromatic carbocycles. The Morgan fingerprint density at radius 2 is 2.26 bits per heavy atom. The van der Waals surface area contributed by atoms with Crippen molar-refractivity contribution in [1.82, 2.24) is 14.6 Å². The summed E-state index contributed by atoms with van der Waals surface area (Å²) >= 11 is 1.26. The standard InChI is InChI=1S/C12H19N3O2S2/c1-9-14-8-12(18-9)19(16,17)15-7-3-5-11(15)10-4-2-6-13-10/h8,10-11,13H,2-7H2,1H3. The Hall–Kier alpha value is -0.500. The van der Waals surface area contributed by atoms with Crippen LogP contribution in [-0.2, 0) is 10.0 Å². The Bertz CT molecular complexity index is 549. The smallest absolute Gasteiger partial charge is 0.254 e. The molecule has 2 atom stereocenters. The lowest BCUT2D eigenvalue weighted by atomic mass is 10.1. The second-order valence-corrected chi connectivity index (χ2v) is 8.58. The van der Waals surface area contributed by atoms with Gasteiger partial charge in [-0.3, -0.25) is 0 Å². The number of aromatic nitrogens is 1. The molecule has 3 rings (SSSR count). The molecule has 1 aromatic rings. The van der Waals surface area contributed by atoms with E-state index in [0.717, 1.165) is 37.2 Å². The van der Waals surface area contributed by atoms with Crippen molar-refractivity contribution < 1.29 is 8.42 Å². The first kappa shape index (κ1) is 13.5. The fourth-order valence-corrected chi connectivity index (χ4v) is 6.05. The molecule has 0 spiro atoms. The Balaban J connectivity index is 1.87. The quantitative estimate of drug-likeness (QED) is 0.915. The van der Waals surface area contributed by atoms with Gasteiger partial charge in [0.05, 0.1) is 11.2 Å². The average Bonchev–Trinajstić information content (AvgIpc) is 3.09. The maximum Gasteiger partial charge on any atom is 0.254 e. The number of thiazole rings is 1. The summed E-state index contributed by atoms with van der Waals surface area (Å²) in [5.74, 6) is 0. The zero-order valence-corrected chi connectivity index (χ0v) is 12.6. The van der Waals surface area contributed by atoms with Gasteiger partial charge in [-0.05, 0) is 39.2 Å². The molecule has 0 saturated carbocycles. The summed E-state index contributed by atoms with van der Waals surface area (Å²) in [6.07, 6.45) is 5.65. The van der Waals surface area contributed by atoms with Gasteiger partial charge in [0, 0.05) is 18.6 Å². The summed E-state index contributed by atoms with van der Waals surface area (Å²) in [5.41, 5.74) is 0. The van der Waals surface area contributed by atoms with Crippen LogP contribution in [-0.4, -0.2) is 42.9 Å². The van der Waals surface area contributed by atoms with Crippen LogP contribution in [0, 0.1) is 6.92 Å². The van der Waals surface area contributed by atoms with Crippen LogP contribution in [0.3, 0.4) is 0 Å². The lowest BCUT2D eigenvalue weighted by molar-refractivity contribution is 0.322. The molecule has 2 saturated heterocycles. The number of sulfonamides is 1. The Morgan fingerprint density at radius 3 is 2.89 bits per heavy atom. The first-order chi connectivity index (χ1) is 9.09. The first-order valence-electron chi connectivity index (χ1n) is 6.77. The van der Waals surface area contributed by atoms with E-state index in [9.17, 15) is 8.42 Å². The second kappa shape index (κ2) is 5.12. The number of nitrogens with zero attached hydrogens (tertiary/aromatic N) is 2. The topological polar surface area (TPSA) is 62.3 Å². The van der Waals surface area contributed by atoms with Gasteiger partial charge in [-0.15, -0.1) is 11.3 Å². The molecule has 2 aliphatic heterocycles. The molecule has 106 valence electrons. The van der Waals surface area contributed by atoms with Gasteiger partial charge < -0.3 is 5.32 Å². The van der Waals surface area contributed by atoms with Gasteiger partial charge >= 0.3 is 0 Å². The van der Waals surface area contributed by atoms with Crippen LogP contribution < -0.4 is 5.32 Å². The molecule has 1 N–H and O–H groups in total. The van der Waals surface area contributed by atoms with Crippen LogP contribution in [0.4, 0.5) is 0 Å². The van der Waals surface area contributed by atoms with Gasteiger partial charge in [-0.1, -0.05) is 0 Å². The first-order valence-corrected chi connectivity index (χ1v) is 9.02. The largest absolute Gasteiger partial charge is 0.312 e. The number of nitrogens with one attached hydrogen (secondary N) is 1. The number of hydrogen-bond acceptors (Lipinski definition) is 5. The van der Waals surface area contributed by atoms with Gasteiger partial charge in [-0.25, -0.2) is 13.4 Å². The van der Waals surface area contributed by atoms with E-state index in [2.05, 4.69) is 10.3 Å². The molecular weight excluding hydrogens is 282 g/mol. The molecule has 2 fully saturated rings. The van der Waals surface area contributed by atoms with Crippen molar-refractivity contribution in [3.05, 3.63) is 11.2 Å². The fourth-order valence-electron chi connectivity index (χ4n) is 3.08. The minimum absolute atomic E-state index is 0.120. The number of rotatable bonds is 3. The van der Waals surface area contributed by atoms with E-state index in [-0.39, 0.29) is 6.04 Å². The fraction of sp³-hybridized carbons (Fsp3) is 0.750. The van der Waals surface area contributed by atoms with E-state index >= 15 is 0 Å². The SMILES string of the molecule is Cc1ncc(S(=O)(=O)N2CCCC2C2CCCN2)s1. The molecule has 0 radical (unpaired) electrons. The summed E-state index contributed by atoms with van der Waals surface area (Å²) in [6, 6.07) is 0.446. The molecule has 2 aliphatic rings. The minimum Gasteiger partial charge on any atom is -0.312 e. The van der Waals surface area contributed by atoms with E-state index in [1.54, 1.807) is 4.31 Å². The zero-order valence-electron chi connectivity index (χ0n) is 11.0. The maximum atomic E-state index is 12.7. The van der Waals surface area contributed by atoms with Crippen LogP contribution in [0.2, 0.25) is 0 Å². The van der Waals surface area contributed by atoms with E-state index in [0.29, 0.717) is 16.8 Å². The van der Waals surface area contributed by atoms with Crippen molar-refractivity contribution in [2.24, 2.45) is 0 Å². The molecule has 0 amide bonds. The molecular formula is C12H19N3O2S2. The number of aryl methyl sites for hydroxylation is 1. The molecule has 1 aromatic heterocycles. The summed E-state index contributed by atoms with van der Waals surface area (Å²) in [6.45, 7) is 3.49. The Labute approximate surface area is 118 Å². The number of hydrogen-bond donors (Lipinski definition) is 1. The molecule has 0 bridgehead atoms. The highest BCUT2D eigenvalue weighted by Gasteiger charge is 2.40. The highest BCUT2D eigenvalue weighted by Crippen LogP contribution is 2.32. The predicted octanol–water partition coefficient (Wildman–Crippen LogP) is 1.36. The molecule has 5 nitrogen and oxygen atoms in total.